The summed E-state index contributed by atoms with van der Waals surface area (Å²) in [6.07, 6.45) is 4.78. The zero-order valence-electron chi connectivity index (χ0n) is 14.2. The van der Waals surface area contributed by atoms with Crippen LogP contribution in [-0.2, 0) is 9.53 Å². The van der Waals surface area contributed by atoms with Gasteiger partial charge in [-0.25, -0.2) is 4.79 Å². The van der Waals surface area contributed by atoms with Crippen molar-refractivity contribution in [3.63, 3.8) is 0 Å². The Labute approximate surface area is 140 Å². The van der Waals surface area contributed by atoms with E-state index in [1.165, 1.54) is 17.4 Å². The van der Waals surface area contributed by atoms with Gasteiger partial charge in [-0.15, -0.1) is 0 Å². The van der Waals surface area contributed by atoms with Crippen LogP contribution in [0.15, 0.2) is 33.5 Å². The van der Waals surface area contributed by atoms with Gasteiger partial charge in [-0.3, -0.25) is 9.36 Å². The number of methoxy groups -OCH3 is 1. The van der Waals surface area contributed by atoms with E-state index in [9.17, 15) is 9.59 Å². The Bertz CT molecular complexity index is 758. The highest BCUT2D eigenvalue weighted by atomic mass is 16.5. The number of hydrogen-bond donors (Lipinski definition) is 1. The molecule has 1 aromatic carbocycles. The zero-order valence-corrected chi connectivity index (χ0v) is 14.2. The van der Waals surface area contributed by atoms with E-state index in [-0.39, 0.29) is 12.0 Å². The predicted octanol–water partition coefficient (Wildman–Crippen LogP) is 2.48. The number of carbonyl (C=O) groups is 1. The monoisotopic (exact) mass is 332 g/mol. The van der Waals surface area contributed by atoms with Crippen LogP contribution in [0.25, 0.3) is 11.1 Å². The quantitative estimate of drug-likeness (QED) is 0.882. The maximum Gasteiger partial charge on any atom is 0.420 e. The van der Waals surface area contributed by atoms with Crippen LogP contribution in [0.1, 0.15) is 38.6 Å². The Kier molecular flexibility index (Phi) is 5.04. The van der Waals surface area contributed by atoms with Crippen molar-refractivity contribution in [1.29, 1.82) is 0 Å². The summed E-state index contributed by atoms with van der Waals surface area (Å²) in [4.78, 5) is 24.6. The van der Waals surface area contributed by atoms with E-state index in [1.54, 1.807) is 32.2 Å². The Hall–Kier alpha value is -2.08. The van der Waals surface area contributed by atoms with Gasteiger partial charge in [0.2, 0.25) is 5.91 Å². The van der Waals surface area contributed by atoms with Crippen molar-refractivity contribution >= 4 is 17.0 Å². The van der Waals surface area contributed by atoms with E-state index < -0.39 is 11.8 Å². The van der Waals surface area contributed by atoms with Crippen molar-refractivity contribution < 1.29 is 13.9 Å². The molecule has 1 heterocycles. The first-order valence-corrected chi connectivity index (χ1v) is 8.52. The topological polar surface area (TPSA) is 73.5 Å². The normalized spacial score (nSPS) is 17.9. The molecule has 6 heteroatoms. The number of benzene rings is 1. The van der Waals surface area contributed by atoms with Gasteiger partial charge in [0.25, 0.3) is 0 Å². The molecule has 1 N–H and O–H groups in total. The van der Waals surface area contributed by atoms with E-state index in [1.807, 2.05) is 6.07 Å². The van der Waals surface area contributed by atoms with Gasteiger partial charge in [-0.05, 0) is 37.8 Å². The third-order valence-electron chi connectivity index (χ3n) is 4.99. The van der Waals surface area contributed by atoms with Crippen molar-refractivity contribution in [2.24, 2.45) is 5.92 Å². The first-order chi connectivity index (χ1) is 11.6. The van der Waals surface area contributed by atoms with Crippen molar-refractivity contribution in [2.75, 3.05) is 13.7 Å². The molecule has 1 amide bonds. The second kappa shape index (κ2) is 7.21. The Balaban J connectivity index is 1.70. The van der Waals surface area contributed by atoms with Gasteiger partial charge in [0, 0.05) is 13.7 Å². The summed E-state index contributed by atoms with van der Waals surface area (Å²) in [7, 11) is 1.69. The maximum atomic E-state index is 12.5. The molecule has 0 bridgehead atoms. The van der Waals surface area contributed by atoms with Gasteiger partial charge >= 0.3 is 5.76 Å². The highest BCUT2D eigenvalue weighted by Gasteiger charge is 2.27. The first kappa shape index (κ1) is 16.8. The van der Waals surface area contributed by atoms with Crippen LogP contribution in [0.4, 0.5) is 0 Å². The van der Waals surface area contributed by atoms with E-state index in [0.29, 0.717) is 23.6 Å². The second-order valence-electron chi connectivity index (χ2n) is 6.45. The van der Waals surface area contributed by atoms with Crippen molar-refractivity contribution in [2.45, 2.75) is 44.8 Å². The molecule has 130 valence electrons. The summed E-state index contributed by atoms with van der Waals surface area (Å²) in [6.45, 7) is 2.17. The molecule has 0 radical (unpaired) electrons. The van der Waals surface area contributed by atoms with Crippen molar-refractivity contribution in [3.05, 3.63) is 34.8 Å². The number of fused-ring (bicyclic) bond motifs is 1. The number of oxazole rings is 1. The summed E-state index contributed by atoms with van der Waals surface area (Å²) in [5.74, 6) is -0.218. The van der Waals surface area contributed by atoms with Crippen LogP contribution in [0, 0.1) is 5.92 Å². The van der Waals surface area contributed by atoms with Gasteiger partial charge in [0.1, 0.15) is 6.04 Å². The summed E-state index contributed by atoms with van der Waals surface area (Å²) in [5.41, 5.74) is 1.12. The number of amides is 1. The molecule has 1 aromatic heterocycles. The summed E-state index contributed by atoms with van der Waals surface area (Å²) in [5, 5.41) is 2.93. The minimum absolute atomic E-state index is 0.0291. The van der Waals surface area contributed by atoms with Gasteiger partial charge in [-0.1, -0.05) is 25.0 Å². The molecule has 1 aliphatic rings. The fraction of sp³-hybridized carbons (Fsp3) is 0.556. The molecule has 0 saturated heterocycles. The lowest BCUT2D eigenvalue weighted by Gasteiger charge is -2.23. The fourth-order valence-corrected chi connectivity index (χ4v) is 3.59. The Morgan fingerprint density at radius 2 is 2.08 bits per heavy atom. The van der Waals surface area contributed by atoms with Gasteiger partial charge in [-0.2, -0.15) is 0 Å². The van der Waals surface area contributed by atoms with Crippen LogP contribution >= 0.6 is 0 Å². The number of hydrogen-bond acceptors (Lipinski definition) is 4. The fourth-order valence-electron chi connectivity index (χ4n) is 3.59. The molecule has 3 rings (SSSR count). The van der Waals surface area contributed by atoms with Crippen LogP contribution in [0.5, 0.6) is 0 Å². The minimum Gasteiger partial charge on any atom is -0.408 e. The number of nitrogens with zero attached hydrogens (tertiary/aromatic N) is 1. The highest BCUT2D eigenvalue weighted by molar-refractivity contribution is 5.82. The third kappa shape index (κ3) is 3.24. The smallest absolute Gasteiger partial charge is 0.408 e. The molecule has 6 nitrogen and oxygen atoms in total. The maximum absolute atomic E-state index is 12.5. The second-order valence-corrected chi connectivity index (χ2v) is 6.45. The standard InChI is InChI=1S/C18H24N2O4/c1-12(20-14-9-5-6-10-15(14)24-18(20)22)17(21)19-11-16(23-2)13-7-3-4-8-13/h5-6,9-10,12-13,16H,3-4,7-8,11H2,1-2H3,(H,19,21). The number of para-hydroxylation sites is 2. The molecule has 2 atom stereocenters. The lowest BCUT2D eigenvalue weighted by molar-refractivity contribution is -0.124. The average Bonchev–Trinajstić information content (AvgIpc) is 3.21. The van der Waals surface area contributed by atoms with E-state index in [4.69, 9.17) is 9.15 Å². The van der Waals surface area contributed by atoms with Gasteiger partial charge in [0.05, 0.1) is 11.6 Å². The Morgan fingerprint density at radius 1 is 1.38 bits per heavy atom. The third-order valence-corrected chi connectivity index (χ3v) is 4.99. The molecule has 1 aliphatic carbocycles. The molecular formula is C18H24N2O4. The van der Waals surface area contributed by atoms with Crippen LogP contribution in [0.2, 0.25) is 0 Å². The van der Waals surface area contributed by atoms with Crippen LogP contribution in [-0.4, -0.2) is 30.2 Å². The van der Waals surface area contributed by atoms with Crippen LogP contribution < -0.4 is 11.1 Å². The number of aromatic nitrogens is 1. The Morgan fingerprint density at radius 3 is 2.79 bits per heavy atom. The molecule has 0 aliphatic heterocycles. The molecule has 1 saturated carbocycles. The van der Waals surface area contributed by atoms with Crippen molar-refractivity contribution in [1.82, 2.24) is 9.88 Å². The number of ether oxygens (including phenoxy) is 1. The zero-order chi connectivity index (χ0) is 17.1. The van der Waals surface area contributed by atoms with E-state index >= 15 is 0 Å². The van der Waals surface area contributed by atoms with Crippen LogP contribution in [0.3, 0.4) is 0 Å². The highest BCUT2D eigenvalue weighted by Crippen LogP contribution is 2.28. The molecule has 24 heavy (non-hydrogen) atoms. The molecule has 2 unspecified atom stereocenters. The molecular weight excluding hydrogens is 308 g/mol. The predicted molar refractivity (Wildman–Crippen MR) is 90.9 cm³/mol. The van der Waals surface area contributed by atoms with E-state index in [2.05, 4.69) is 5.32 Å². The van der Waals surface area contributed by atoms with Gasteiger partial charge < -0.3 is 14.5 Å². The summed E-state index contributed by atoms with van der Waals surface area (Å²) < 4.78 is 12.1. The largest absolute Gasteiger partial charge is 0.420 e. The summed E-state index contributed by atoms with van der Waals surface area (Å²) in [6, 6.07) is 6.48. The van der Waals surface area contributed by atoms with E-state index in [0.717, 1.165) is 12.8 Å². The minimum atomic E-state index is -0.637. The number of nitrogens with one attached hydrogen (secondary N) is 1. The molecule has 0 spiro atoms. The first-order valence-electron chi connectivity index (χ1n) is 8.52. The van der Waals surface area contributed by atoms with Gasteiger partial charge in [0.15, 0.2) is 5.58 Å². The lowest BCUT2D eigenvalue weighted by Crippen LogP contribution is -2.41. The SMILES string of the molecule is COC(CNC(=O)C(C)n1c(=O)oc2ccccc21)C1CCCC1. The lowest BCUT2D eigenvalue weighted by atomic mass is 10.0. The summed E-state index contributed by atoms with van der Waals surface area (Å²) >= 11 is 0. The molecule has 2 aromatic rings. The number of rotatable bonds is 6. The molecule has 1 fully saturated rings. The van der Waals surface area contributed by atoms with Crippen molar-refractivity contribution in [3.8, 4) is 0 Å². The average molecular weight is 332 g/mol. The number of carbonyl (C=O) groups excluding carboxylic acids is 1.